The maximum atomic E-state index is 13.0. The van der Waals surface area contributed by atoms with Gasteiger partial charge in [-0.1, -0.05) is 23.7 Å². The Hall–Kier alpha value is -1.65. The van der Waals surface area contributed by atoms with Crippen LogP contribution in [0.25, 0.3) is 11.0 Å². The minimum absolute atomic E-state index is 0.0644. The van der Waals surface area contributed by atoms with Gasteiger partial charge in [0.1, 0.15) is 11.4 Å². The van der Waals surface area contributed by atoms with Gasteiger partial charge in [0.2, 0.25) is 5.78 Å². The van der Waals surface area contributed by atoms with Crippen LogP contribution in [0.2, 0.25) is 5.02 Å². The summed E-state index contributed by atoms with van der Waals surface area (Å²) in [5, 5.41) is 0.871. The maximum absolute atomic E-state index is 13.0. The third-order valence-electron chi connectivity index (χ3n) is 2.90. The normalized spacial score (nSPS) is 10.9. The van der Waals surface area contributed by atoms with E-state index >= 15 is 0 Å². The van der Waals surface area contributed by atoms with Gasteiger partial charge in [0.25, 0.3) is 0 Å². The number of carbonyl (C=O) groups excluding carboxylic acids is 1. The molecule has 0 amide bonds. The molecule has 1 aromatic heterocycles. The lowest BCUT2D eigenvalue weighted by Gasteiger charge is -2.00. The molecule has 0 aliphatic carbocycles. The smallest absolute Gasteiger partial charge is 0.229 e. The first-order valence-corrected chi connectivity index (χ1v) is 6.91. The maximum Gasteiger partial charge on any atom is 0.229 e. The number of para-hydroxylation sites is 1. The molecule has 100 valence electrons. The van der Waals surface area contributed by atoms with Crippen molar-refractivity contribution in [2.45, 2.75) is 0 Å². The van der Waals surface area contributed by atoms with Crippen LogP contribution >= 0.6 is 27.5 Å². The van der Waals surface area contributed by atoms with E-state index in [1.54, 1.807) is 6.07 Å². The number of fused-ring (bicyclic) bond motifs is 1. The second-order valence-corrected chi connectivity index (χ2v) is 5.48. The predicted octanol–water partition coefficient (Wildman–Crippen LogP) is 5.22. The van der Waals surface area contributed by atoms with Gasteiger partial charge in [0, 0.05) is 10.9 Å². The lowest BCUT2D eigenvalue weighted by Crippen LogP contribution is -2.00. The molecule has 3 rings (SSSR count). The second kappa shape index (κ2) is 5.04. The van der Waals surface area contributed by atoms with Crippen LogP contribution in [0.15, 0.2) is 51.4 Å². The molecule has 5 heteroatoms. The molecule has 0 saturated heterocycles. The van der Waals surface area contributed by atoms with Gasteiger partial charge in [0.15, 0.2) is 5.76 Å². The number of furan rings is 1. The fourth-order valence-corrected chi connectivity index (χ4v) is 2.66. The van der Waals surface area contributed by atoms with Crippen molar-refractivity contribution in [1.29, 1.82) is 0 Å². The van der Waals surface area contributed by atoms with Gasteiger partial charge in [-0.05, 0) is 46.3 Å². The van der Waals surface area contributed by atoms with Gasteiger partial charge < -0.3 is 4.42 Å². The molecular weight excluding hydrogens is 347 g/mol. The zero-order valence-corrected chi connectivity index (χ0v) is 12.3. The molecule has 0 radical (unpaired) electrons. The number of hydrogen-bond donors (Lipinski definition) is 0. The van der Waals surface area contributed by atoms with Crippen LogP contribution < -0.4 is 0 Å². The van der Waals surface area contributed by atoms with Gasteiger partial charge in [0.05, 0.1) is 9.50 Å². The largest absolute Gasteiger partial charge is 0.451 e. The highest BCUT2D eigenvalue weighted by molar-refractivity contribution is 9.10. The summed E-state index contributed by atoms with van der Waals surface area (Å²) in [7, 11) is 0. The van der Waals surface area contributed by atoms with E-state index in [0.29, 0.717) is 5.58 Å². The Labute approximate surface area is 127 Å². The van der Waals surface area contributed by atoms with Gasteiger partial charge in [-0.25, -0.2) is 4.39 Å². The summed E-state index contributed by atoms with van der Waals surface area (Å²) >= 11 is 9.25. The Balaban J connectivity index is 2.10. The number of halogens is 3. The minimum atomic E-state index is -0.487. The van der Waals surface area contributed by atoms with Crippen molar-refractivity contribution < 1.29 is 13.6 Å². The molecule has 0 aliphatic heterocycles. The quantitative estimate of drug-likeness (QED) is 0.591. The first-order chi connectivity index (χ1) is 9.56. The van der Waals surface area contributed by atoms with Crippen LogP contribution in [0.1, 0.15) is 16.1 Å². The van der Waals surface area contributed by atoms with Crippen molar-refractivity contribution in [3.63, 3.8) is 0 Å². The minimum Gasteiger partial charge on any atom is -0.451 e. The van der Waals surface area contributed by atoms with Crippen LogP contribution in [0.3, 0.4) is 0 Å². The van der Waals surface area contributed by atoms with Crippen LogP contribution in [0, 0.1) is 5.82 Å². The Bertz CT molecular complexity index is 826. The summed E-state index contributed by atoms with van der Waals surface area (Å²) in [5.74, 6) is -0.697. The fraction of sp³-hybridized carbons (Fsp3) is 0. The first kappa shape index (κ1) is 13.3. The third kappa shape index (κ3) is 2.25. The van der Waals surface area contributed by atoms with Crippen molar-refractivity contribution in [1.82, 2.24) is 0 Å². The van der Waals surface area contributed by atoms with Gasteiger partial charge in [-0.2, -0.15) is 0 Å². The van der Waals surface area contributed by atoms with E-state index in [1.807, 2.05) is 18.2 Å². The number of carbonyl (C=O) groups is 1. The zero-order valence-electron chi connectivity index (χ0n) is 9.99. The molecule has 3 aromatic rings. The molecule has 0 spiro atoms. The lowest BCUT2D eigenvalue weighted by atomic mass is 10.1. The van der Waals surface area contributed by atoms with E-state index in [2.05, 4.69) is 15.9 Å². The number of benzene rings is 2. The molecule has 0 N–H and O–H groups in total. The molecule has 0 saturated carbocycles. The molecule has 0 unspecified atom stereocenters. The van der Waals surface area contributed by atoms with E-state index in [4.69, 9.17) is 16.0 Å². The van der Waals surface area contributed by atoms with E-state index in [0.717, 1.165) is 15.9 Å². The molecule has 0 fully saturated rings. The molecule has 0 atom stereocenters. The molecule has 0 bridgehead atoms. The summed E-state index contributed by atoms with van der Waals surface area (Å²) in [6, 6.07) is 10.8. The van der Waals surface area contributed by atoms with E-state index in [1.165, 1.54) is 12.1 Å². The van der Waals surface area contributed by atoms with Crippen LogP contribution in [-0.2, 0) is 0 Å². The third-order valence-corrected chi connectivity index (χ3v) is 3.83. The summed E-state index contributed by atoms with van der Waals surface area (Å²) in [6.45, 7) is 0. The first-order valence-electron chi connectivity index (χ1n) is 5.74. The molecule has 2 aromatic carbocycles. The number of rotatable bonds is 2. The summed E-state index contributed by atoms with van der Waals surface area (Å²) < 4.78 is 19.3. The van der Waals surface area contributed by atoms with Crippen LogP contribution in [-0.4, -0.2) is 5.78 Å². The average molecular weight is 354 g/mol. The topological polar surface area (TPSA) is 30.2 Å². The molecular formula is C15H7BrClFO2. The van der Waals surface area contributed by atoms with E-state index in [9.17, 15) is 9.18 Å². The number of hydrogen-bond acceptors (Lipinski definition) is 2. The highest BCUT2D eigenvalue weighted by atomic mass is 79.9. The van der Waals surface area contributed by atoms with Gasteiger partial charge >= 0.3 is 0 Å². The van der Waals surface area contributed by atoms with Crippen LogP contribution in [0.4, 0.5) is 4.39 Å². The molecule has 2 nitrogen and oxygen atoms in total. The SMILES string of the molecule is O=C(c1cc2cccc(Br)c2o1)c1ccc(F)cc1Cl. The predicted molar refractivity (Wildman–Crippen MR) is 78.8 cm³/mol. The summed E-state index contributed by atoms with van der Waals surface area (Å²) in [4.78, 5) is 12.3. The molecule has 0 aliphatic rings. The zero-order chi connectivity index (χ0) is 14.3. The highest BCUT2D eigenvalue weighted by Gasteiger charge is 2.18. The summed E-state index contributed by atoms with van der Waals surface area (Å²) in [6.07, 6.45) is 0. The Kier molecular flexibility index (Phi) is 3.36. The standard InChI is InChI=1S/C15H7BrClFO2/c16-11-3-1-2-8-6-13(20-15(8)11)14(19)10-5-4-9(18)7-12(10)17/h1-7H. The average Bonchev–Trinajstić information content (AvgIpc) is 2.83. The van der Waals surface area contributed by atoms with Crippen molar-refractivity contribution in [3.8, 4) is 0 Å². The second-order valence-electron chi connectivity index (χ2n) is 4.22. The van der Waals surface area contributed by atoms with Crippen molar-refractivity contribution >= 4 is 44.3 Å². The fourth-order valence-electron chi connectivity index (χ4n) is 1.95. The molecule has 20 heavy (non-hydrogen) atoms. The highest BCUT2D eigenvalue weighted by Crippen LogP contribution is 2.29. The van der Waals surface area contributed by atoms with Gasteiger partial charge in [-0.3, -0.25) is 4.79 Å². The van der Waals surface area contributed by atoms with E-state index < -0.39 is 5.82 Å². The Morgan fingerprint density at radius 2 is 2.00 bits per heavy atom. The Morgan fingerprint density at radius 1 is 1.20 bits per heavy atom. The summed E-state index contributed by atoms with van der Waals surface area (Å²) in [5.41, 5.74) is 0.803. The lowest BCUT2D eigenvalue weighted by molar-refractivity contribution is 0.101. The monoisotopic (exact) mass is 352 g/mol. The van der Waals surface area contributed by atoms with Crippen molar-refractivity contribution in [2.75, 3.05) is 0 Å². The van der Waals surface area contributed by atoms with Crippen molar-refractivity contribution in [3.05, 3.63) is 69.1 Å². The molecule has 1 heterocycles. The Morgan fingerprint density at radius 3 is 2.70 bits per heavy atom. The van der Waals surface area contributed by atoms with E-state index in [-0.39, 0.29) is 22.1 Å². The number of ketones is 1. The van der Waals surface area contributed by atoms with Crippen LogP contribution in [0.5, 0.6) is 0 Å². The van der Waals surface area contributed by atoms with Crippen molar-refractivity contribution in [2.24, 2.45) is 0 Å². The van der Waals surface area contributed by atoms with Gasteiger partial charge in [-0.15, -0.1) is 0 Å².